The number of hydrogen-bond donors (Lipinski definition) is 0. The molecule has 2 aliphatic rings. The molecule has 0 aliphatic carbocycles. The normalized spacial score (nSPS) is 20.1. The zero-order valence-corrected chi connectivity index (χ0v) is 13.3. The minimum Gasteiger partial charge on any atom is -0.436 e. The number of piperazine rings is 1. The fourth-order valence-corrected chi connectivity index (χ4v) is 2.96. The average Bonchev–Trinajstić information content (AvgIpc) is 2.76. The predicted molar refractivity (Wildman–Crippen MR) is 79.4 cm³/mol. The number of nitrogens with zero attached hydrogens (tertiary/aromatic N) is 4. The van der Waals surface area contributed by atoms with Crippen molar-refractivity contribution < 1.29 is 14.0 Å². The summed E-state index contributed by atoms with van der Waals surface area (Å²) in [4.78, 5) is 34.6. The van der Waals surface area contributed by atoms with Crippen LogP contribution in [0.4, 0.5) is 0 Å². The van der Waals surface area contributed by atoms with E-state index in [2.05, 4.69) is 16.9 Å². The second-order valence-electron chi connectivity index (χ2n) is 6.18. The molecule has 1 aromatic heterocycles. The maximum absolute atomic E-state index is 12.4. The van der Waals surface area contributed by atoms with Crippen molar-refractivity contribution in [2.45, 2.75) is 13.8 Å². The van der Waals surface area contributed by atoms with E-state index in [4.69, 9.17) is 4.42 Å². The molecule has 0 atom stereocenters. The Hall–Kier alpha value is -1.89. The van der Waals surface area contributed by atoms with Gasteiger partial charge in [-0.3, -0.25) is 9.59 Å². The van der Waals surface area contributed by atoms with Crippen LogP contribution in [0.2, 0.25) is 0 Å². The summed E-state index contributed by atoms with van der Waals surface area (Å²) in [5, 5.41) is 0. The molecule has 0 radical (unpaired) electrons. The fourth-order valence-electron chi connectivity index (χ4n) is 2.96. The molecule has 2 aliphatic heterocycles. The fraction of sp³-hybridized carbons (Fsp3) is 0.667. The lowest BCUT2D eigenvalue weighted by Gasteiger charge is -2.42. The van der Waals surface area contributed by atoms with Gasteiger partial charge < -0.3 is 19.1 Å². The molecule has 2 saturated heterocycles. The van der Waals surface area contributed by atoms with Gasteiger partial charge >= 0.3 is 0 Å². The lowest BCUT2D eigenvalue weighted by atomic mass is 9.97. The van der Waals surface area contributed by atoms with Crippen LogP contribution in [0.5, 0.6) is 0 Å². The van der Waals surface area contributed by atoms with Gasteiger partial charge in [-0.15, -0.1) is 0 Å². The highest BCUT2D eigenvalue weighted by atomic mass is 16.4. The minimum absolute atomic E-state index is 0.0725. The van der Waals surface area contributed by atoms with Crippen molar-refractivity contribution >= 4 is 11.8 Å². The Morgan fingerprint density at radius 3 is 2.27 bits per heavy atom. The van der Waals surface area contributed by atoms with E-state index in [1.807, 2.05) is 4.90 Å². The van der Waals surface area contributed by atoms with Crippen molar-refractivity contribution in [3.8, 4) is 0 Å². The number of carbonyl (C=O) groups excluding carboxylic acids is 2. The highest BCUT2D eigenvalue weighted by molar-refractivity contribution is 5.94. The molecule has 0 aromatic carbocycles. The minimum atomic E-state index is -0.166. The molecule has 120 valence electrons. The zero-order chi connectivity index (χ0) is 15.9. The average molecular weight is 306 g/mol. The standard InChI is InChI=1S/C15H22N4O3/c1-10-13(22-11(2)16-10)15(21)19-8-12(9-19)14(20)18-6-4-17(3)5-7-18/h12H,4-9H2,1-3H3. The smallest absolute Gasteiger partial charge is 0.291 e. The van der Waals surface area contributed by atoms with Gasteiger partial charge in [0.2, 0.25) is 11.7 Å². The first-order valence-electron chi connectivity index (χ1n) is 7.66. The zero-order valence-electron chi connectivity index (χ0n) is 13.3. The molecular formula is C15H22N4O3. The highest BCUT2D eigenvalue weighted by Crippen LogP contribution is 2.23. The van der Waals surface area contributed by atoms with E-state index in [-0.39, 0.29) is 17.7 Å². The van der Waals surface area contributed by atoms with Gasteiger partial charge in [0.1, 0.15) is 0 Å². The first kappa shape index (κ1) is 15.0. The molecule has 0 unspecified atom stereocenters. The van der Waals surface area contributed by atoms with Gasteiger partial charge in [0.25, 0.3) is 5.91 Å². The number of amides is 2. The molecule has 7 nitrogen and oxygen atoms in total. The number of likely N-dealkylation sites (N-methyl/N-ethyl adjacent to an activating group) is 1. The lowest BCUT2D eigenvalue weighted by Crippen LogP contribution is -2.58. The second kappa shape index (κ2) is 5.72. The van der Waals surface area contributed by atoms with Crippen LogP contribution in [0.25, 0.3) is 0 Å². The van der Waals surface area contributed by atoms with E-state index in [1.165, 1.54) is 0 Å². The van der Waals surface area contributed by atoms with Gasteiger partial charge in [-0.25, -0.2) is 4.98 Å². The largest absolute Gasteiger partial charge is 0.436 e. The van der Waals surface area contributed by atoms with Crippen molar-refractivity contribution in [3.05, 3.63) is 17.3 Å². The first-order valence-corrected chi connectivity index (χ1v) is 7.66. The summed E-state index contributed by atoms with van der Waals surface area (Å²) in [7, 11) is 2.06. The van der Waals surface area contributed by atoms with Gasteiger partial charge in [0.05, 0.1) is 11.6 Å². The number of rotatable bonds is 2. The Labute approximate surface area is 129 Å². The summed E-state index contributed by atoms with van der Waals surface area (Å²) in [5.41, 5.74) is 0.608. The third-order valence-electron chi connectivity index (χ3n) is 4.43. The summed E-state index contributed by atoms with van der Waals surface area (Å²) in [5.74, 6) is 0.717. The number of aromatic nitrogens is 1. The van der Waals surface area contributed by atoms with Gasteiger partial charge in [-0.2, -0.15) is 0 Å². The third kappa shape index (κ3) is 2.72. The molecular weight excluding hydrogens is 284 g/mol. The molecule has 2 amide bonds. The van der Waals surface area contributed by atoms with E-state index in [0.717, 1.165) is 26.2 Å². The van der Waals surface area contributed by atoms with Crippen molar-refractivity contribution in [2.75, 3.05) is 46.3 Å². The molecule has 2 fully saturated rings. The Bertz CT molecular complexity index is 584. The molecule has 1 aromatic rings. The number of aryl methyl sites for hydroxylation is 2. The van der Waals surface area contributed by atoms with Crippen molar-refractivity contribution in [1.29, 1.82) is 0 Å². The summed E-state index contributed by atoms with van der Waals surface area (Å²) < 4.78 is 5.35. The molecule has 22 heavy (non-hydrogen) atoms. The van der Waals surface area contributed by atoms with Crippen LogP contribution in [0, 0.1) is 19.8 Å². The van der Waals surface area contributed by atoms with Crippen LogP contribution in [0.1, 0.15) is 22.1 Å². The van der Waals surface area contributed by atoms with Gasteiger partial charge in [0.15, 0.2) is 5.89 Å². The number of carbonyl (C=O) groups is 2. The van der Waals surface area contributed by atoms with Crippen LogP contribution < -0.4 is 0 Å². The topological polar surface area (TPSA) is 69.9 Å². The molecule has 0 bridgehead atoms. The molecule has 0 spiro atoms. The molecule has 3 heterocycles. The van der Waals surface area contributed by atoms with Crippen LogP contribution in [-0.4, -0.2) is 77.8 Å². The van der Waals surface area contributed by atoms with Crippen molar-refractivity contribution in [1.82, 2.24) is 19.7 Å². The lowest BCUT2D eigenvalue weighted by molar-refractivity contribution is -0.141. The second-order valence-corrected chi connectivity index (χ2v) is 6.18. The molecule has 3 rings (SSSR count). The maximum atomic E-state index is 12.4. The quantitative estimate of drug-likeness (QED) is 0.777. The number of oxazole rings is 1. The van der Waals surface area contributed by atoms with E-state index in [1.54, 1.807) is 18.7 Å². The molecule has 0 N–H and O–H groups in total. The van der Waals surface area contributed by atoms with Crippen molar-refractivity contribution in [2.24, 2.45) is 5.92 Å². The Balaban J connectivity index is 1.54. The van der Waals surface area contributed by atoms with Crippen LogP contribution in [0.3, 0.4) is 0 Å². The molecule has 0 saturated carbocycles. The van der Waals surface area contributed by atoms with E-state index in [9.17, 15) is 9.59 Å². The SMILES string of the molecule is Cc1nc(C)c(C(=O)N2CC(C(=O)N3CCN(C)CC3)C2)o1. The monoisotopic (exact) mass is 306 g/mol. The Morgan fingerprint density at radius 2 is 1.73 bits per heavy atom. The van der Waals surface area contributed by atoms with Gasteiger partial charge in [-0.05, 0) is 14.0 Å². The summed E-state index contributed by atoms with van der Waals surface area (Å²) in [6.45, 7) is 7.82. The van der Waals surface area contributed by atoms with Gasteiger partial charge in [-0.1, -0.05) is 0 Å². The van der Waals surface area contributed by atoms with E-state index in [0.29, 0.717) is 30.4 Å². The summed E-state index contributed by atoms with van der Waals surface area (Å²) >= 11 is 0. The van der Waals surface area contributed by atoms with Crippen LogP contribution in [-0.2, 0) is 4.79 Å². The first-order chi connectivity index (χ1) is 10.5. The van der Waals surface area contributed by atoms with Crippen molar-refractivity contribution in [3.63, 3.8) is 0 Å². The molecule has 7 heteroatoms. The predicted octanol–water partition coefficient (Wildman–Crippen LogP) is 0.137. The Kier molecular flexibility index (Phi) is 3.90. The van der Waals surface area contributed by atoms with E-state index >= 15 is 0 Å². The third-order valence-corrected chi connectivity index (χ3v) is 4.43. The Morgan fingerprint density at radius 1 is 1.09 bits per heavy atom. The highest BCUT2D eigenvalue weighted by Gasteiger charge is 2.40. The van der Waals surface area contributed by atoms with Crippen LogP contribution in [0.15, 0.2) is 4.42 Å². The van der Waals surface area contributed by atoms with E-state index < -0.39 is 0 Å². The maximum Gasteiger partial charge on any atom is 0.291 e. The van der Waals surface area contributed by atoms with Crippen LogP contribution >= 0.6 is 0 Å². The number of likely N-dealkylation sites (tertiary alicyclic amines) is 1. The summed E-state index contributed by atoms with van der Waals surface area (Å²) in [6.07, 6.45) is 0. The number of hydrogen-bond acceptors (Lipinski definition) is 5. The van der Waals surface area contributed by atoms with Gasteiger partial charge in [0, 0.05) is 46.2 Å². The summed E-state index contributed by atoms with van der Waals surface area (Å²) in [6, 6.07) is 0.